The van der Waals surface area contributed by atoms with Crippen LogP contribution in [0.25, 0.3) is 0 Å². The summed E-state index contributed by atoms with van der Waals surface area (Å²) in [6, 6.07) is 7.66. The maximum absolute atomic E-state index is 12.7. The number of hydrogen-bond donors (Lipinski definition) is 1. The molecular weight excluding hydrogens is 352 g/mol. The predicted molar refractivity (Wildman–Crippen MR) is 99.0 cm³/mol. The molecule has 0 bridgehead atoms. The number of hydrogen-bond acceptors (Lipinski definition) is 4. The summed E-state index contributed by atoms with van der Waals surface area (Å²) in [6.45, 7) is 0.536. The molecule has 1 saturated carbocycles. The van der Waals surface area contributed by atoms with Crippen molar-refractivity contribution in [1.82, 2.24) is 10.2 Å². The molecule has 2 amide bonds. The molecule has 26 heavy (non-hydrogen) atoms. The summed E-state index contributed by atoms with van der Waals surface area (Å²) >= 11 is 0. The second kappa shape index (κ2) is 6.76. The summed E-state index contributed by atoms with van der Waals surface area (Å²) < 4.78 is 29.6. The molecule has 0 radical (unpaired) electrons. The number of nitrogens with zero attached hydrogens (tertiary/aromatic N) is 1. The van der Waals surface area contributed by atoms with Gasteiger partial charge < -0.3 is 15.0 Å². The zero-order chi connectivity index (χ0) is 18.2. The largest absolute Gasteiger partial charge is 0.487 e. The summed E-state index contributed by atoms with van der Waals surface area (Å²) in [7, 11) is -2.99. The van der Waals surface area contributed by atoms with E-state index in [0.717, 1.165) is 43.4 Å². The number of carbonyl (C=O) groups is 1. The number of benzene rings is 1. The van der Waals surface area contributed by atoms with E-state index < -0.39 is 9.84 Å². The van der Waals surface area contributed by atoms with Crippen LogP contribution in [0.1, 0.15) is 50.1 Å². The average molecular weight is 378 g/mol. The highest BCUT2D eigenvalue weighted by Crippen LogP contribution is 2.46. The SMILES string of the molecule is O=C(NC1CC2(CCCCC2)Oc2ccccc21)N1CCS(=O)(=O)CC1. The smallest absolute Gasteiger partial charge is 0.317 e. The predicted octanol–water partition coefficient (Wildman–Crippen LogP) is 2.65. The lowest BCUT2D eigenvalue weighted by molar-refractivity contribution is -0.00170. The molecule has 1 aromatic carbocycles. The fourth-order valence-electron chi connectivity index (χ4n) is 4.41. The maximum atomic E-state index is 12.7. The molecule has 1 saturated heterocycles. The van der Waals surface area contributed by atoms with Gasteiger partial charge >= 0.3 is 6.03 Å². The molecular formula is C19H26N2O4S. The van der Waals surface area contributed by atoms with E-state index in [4.69, 9.17) is 4.74 Å². The van der Waals surface area contributed by atoms with E-state index in [1.165, 1.54) is 6.42 Å². The summed E-state index contributed by atoms with van der Waals surface area (Å²) in [5.74, 6) is 0.968. The molecule has 0 aromatic heterocycles. The number of para-hydroxylation sites is 1. The molecule has 1 aromatic rings. The van der Waals surface area contributed by atoms with Crippen molar-refractivity contribution in [1.29, 1.82) is 0 Å². The molecule has 142 valence electrons. The molecule has 2 heterocycles. The van der Waals surface area contributed by atoms with Gasteiger partial charge in [0, 0.05) is 25.1 Å². The minimum absolute atomic E-state index is 0.0503. The van der Waals surface area contributed by atoms with Gasteiger partial charge in [-0.3, -0.25) is 0 Å². The van der Waals surface area contributed by atoms with Gasteiger partial charge in [-0.2, -0.15) is 0 Å². The summed E-state index contributed by atoms with van der Waals surface area (Å²) in [4.78, 5) is 14.4. The topological polar surface area (TPSA) is 75.7 Å². The molecule has 1 unspecified atom stereocenters. The molecule has 4 rings (SSSR count). The highest BCUT2D eigenvalue weighted by atomic mass is 32.2. The van der Waals surface area contributed by atoms with Crippen molar-refractivity contribution in [3.05, 3.63) is 29.8 Å². The van der Waals surface area contributed by atoms with Crippen LogP contribution in [0.3, 0.4) is 0 Å². The number of sulfone groups is 1. The Morgan fingerprint density at radius 1 is 1.12 bits per heavy atom. The van der Waals surface area contributed by atoms with E-state index in [0.29, 0.717) is 0 Å². The van der Waals surface area contributed by atoms with Crippen LogP contribution in [-0.2, 0) is 9.84 Å². The van der Waals surface area contributed by atoms with Crippen LogP contribution in [0.5, 0.6) is 5.75 Å². The van der Waals surface area contributed by atoms with Gasteiger partial charge in [0.15, 0.2) is 9.84 Å². The van der Waals surface area contributed by atoms with Gasteiger partial charge in [0.05, 0.1) is 17.5 Å². The zero-order valence-corrected chi connectivity index (χ0v) is 15.8. The lowest BCUT2D eigenvalue weighted by atomic mass is 9.77. The number of ether oxygens (including phenoxy) is 1. The Morgan fingerprint density at radius 2 is 1.81 bits per heavy atom. The summed E-state index contributed by atoms with van der Waals surface area (Å²) in [5, 5.41) is 3.16. The van der Waals surface area contributed by atoms with Crippen molar-refractivity contribution in [2.75, 3.05) is 24.6 Å². The van der Waals surface area contributed by atoms with Crippen LogP contribution in [0.4, 0.5) is 4.79 Å². The highest BCUT2D eigenvalue weighted by Gasteiger charge is 2.42. The number of fused-ring (bicyclic) bond motifs is 1. The molecule has 1 aliphatic carbocycles. The van der Waals surface area contributed by atoms with Crippen LogP contribution in [-0.4, -0.2) is 49.5 Å². The Bertz CT molecular complexity index is 772. The first kappa shape index (κ1) is 17.6. The minimum atomic E-state index is -2.99. The van der Waals surface area contributed by atoms with E-state index in [1.807, 2.05) is 24.3 Å². The third-order valence-electron chi connectivity index (χ3n) is 5.89. The maximum Gasteiger partial charge on any atom is 0.317 e. The summed E-state index contributed by atoms with van der Waals surface area (Å²) in [5.41, 5.74) is 0.831. The minimum Gasteiger partial charge on any atom is -0.487 e. The van der Waals surface area contributed by atoms with Gasteiger partial charge in [-0.1, -0.05) is 24.6 Å². The Labute approximate surface area is 154 Å². The third kappa shape index (κ3) is 3.54. The van der Waals surface area contributed by atoms with Crippen LogP contribution < -0.4 is 10.1 Å². The molecule has 2 fully saturated rings. The van der Waals surface area contributed by atoms with E-state index in [9.17, 15) is 13.2 Å². The number of carbonyl (C=O) groups excluding carboxylic acids is 1. The molecule has 6 nitrogen and oxygen atoms in total. The van der Waals surface area contributed by atoms with E-state index in [2.05, 4.69) is 5.32 Å². The standard InChI is InChI=1S/C19H26N2O4S/c22-18(21-10-12-26(23,24)13-11-21)20-16-14-19(8-4-1-5-9-19)25-17-7-3-2-6-15(16)17/h2-3,6-7,16H,1,4-5,8-14H2,(H,20,22). The first-order valence-corrected chi connectivity index (χ1v) is 11.3. The van der Waals surface area contributed by atoms with E-state index in [-0.39, 0.29) is 42.3 Å². The van der Waals surface area contributed by atoms with Gasteiger partial charge in [0.25, 0.3) is 0 Å². The van der Waals surface area contributed by atoms with Crippen molar-refractivity contribution in [2.24, 2.45) is 0 Å². The van der Waals surface area contributed by atoms with Crippen molar-refractivity contribution in [2.45, 2.75) is 50.2 Å². The molecule has 2 aliphatic heterocycles. The number of rotatable bonds is 1. The fourth-order valence-corrected chi connectivity index (χ4v) is 5.61. The second-order valence-electron chi connectivity index (χ2n) is 7.73. The van der Waals surface area contributed by atoms with Gasteiger partial charge in [-0.25, -0.2) is 13.2 Å². The first-order chi connectivity index (χ1) is 12.5. The molecule has 7 heteroatoms. The van der Waals surface area contributed by atoms with E-state index in [1.54, 1.807) is 4.90 Å². The van der Waals surface area contributed by atoms with Crippen molar-refractivity contribution >= 4 is 15.9 Å². The quantitative estimate of drug-likeness (QED) is 0.815. The molecule has 3 aliphatic rings. The van der Waals surface area contributed by atoms with Crippen LogP contribution >= 0.6 is 0 Å². The Hall–Kier alpha value is -1.76. The zero-order valence-electron chi connectivity index (χ0n) is 14.9. The van der Waals surface area contributed by atoms with Crippen molar-refractivity contribution in [3.63, 3.8) is 0 Å². The molecule has 1 N–H and O–H groups in total. The van der Waals surface area contributed by atoms with Crippen LogP contribution in [0.15, 0.2) is 24.3 Å². The van der Waals surface area contributed by atoms with Crippen molar-refractivity contribution in [3.8, 4) is 5.75 Å². The lowest BCUT2D eigenvalue weighted by Gasteiger charge is -2.45. The van der Waals surface area contributed by atoms with E-state index >= 15 is 0 Å². The molecule has 1 spiro atoms. The average Bonchev–Trinajstić information content (AvgIpc) is 2.62. The monoisotopic (exact) mass is 378 g/mol. The Kier molecular flexibility index (Phi) is 4.59. The van der Waals surface area contributed by atoms with Gasteiger partial charge in [0.2, 0.25) is 0 Å². The first-order valence-electron chi connectivity index (χ1n) is 9.50. The van der Waals surface area contributed by atoms with Crippen molar-refractivity contribution < 1.29 is 17.9 Å². The number of amides is 2. The van der Waals surface area contributed by atoms with Gasteiger partial charge in [-0.15, -0.1) is 0 Å². The van der Waals surface area contributed by atoms with Crippen LogP contribution in [0.2, 0.25) is 0 Å². The fraction of sp³-hybridized carbons (Fsp3) is 0.632. The normalized spacial score (nSPS) is 26.6. The number of nitrogens with one attached hydrogen (secondary N) is 1. The lowest BCUT2D eigenvalue weighted by Crippen LogP contribution is -2.51. The molecule has 1 atom stereocenters. The third-order valence-corrected chi connectivity index (χ3v) is 7.50. The summed E-state index contributed by atoms with van der Waals surface area (Å²) in [6.07, 6.45) is 6.39. The highest BCUT2D eigenvalue weighted by molar-refractivity contribution is 7.91. The van der Waals surface area contributed by atoms with Crippen LogP contribution in [0, 0.1) is 0 Å². The van der Waals surface area contributed by atoms with Gasteiger partial charge in [0.1, 0.15) is 11.4 Å². The second-order valence-corrected chi connectivity index (χ2v) is 10.0. The van der Waals surface area contributed by atoms with Gasteiger partial charge in [-0.05, 0) is 31.7 Å². The Morgan fingerprint density at radius 3 is 2.54 bits per heavy atom. The number of urea groups is 1. The Balaban J connectivity index is 1.52.